The molecule has 0 aromatic heterocycles. The van der Waals surface area contributed by atoms with Gasteiger partial charge in [-0.05, 0) is 48.9 Å². The van der Waals surface area contributed by atoms with Gasteiger partial charge in [0, 0.05) is 4.47 Å². The van der Waals surface area contributed by atoms with Gasteiger partial charge in [-0.25, -0.2) is 4.39 Å². The first-order valence-corrected chi connectivity index (χ1v) is 7.07. The zero-order chi connectivity index (χ0) is 12.3. The van der Waals surface area contributed by atoms with Gasteiger partial charge in [-0.1, -0.05) is 35.2 Å². The first-order chi connectivity index (χ1) is 8.15. The first-order valence-electron chi connectivity index (χ1n) is 6.28. The van der Waals surface area contributed by atoms with Crippen LogP contribution in [0.5, 0.6) is 0 Å². The summed E-state index contributed by atoms with van der Waals surface area (Å²) in [4.78, 5) is 0. The molecule has 0 bridgehead atoms. The Labute approximate surface area is 110 Å². The lowest BCUT2D eigenvalue weighted by molar-refractivity contribution is 0.101. The van der Waals surface area contributed by atoms with Crippen LogP contribution in [0.1, 0.15) is 37.7 Å². The van der Waals surface area contributed by atoms with Gasteiger partial charge < -0.3 is 5.11 Å². The van der Waals surface area contributed by atoms with Crippen LogP contribution in [-0.4, -0.2) is 11.2 Å². The molecule has 17 heavy (non-hydrogen) atoms. The fraction of sp³-hybridized carbons (Fsp3) is 0.571. The molecule has 0 radical (unpaired) electrons. The summed E-state index contributed by atoms with van der Waals surface area (Å²) in [7, 11) is 0. The zero-order valence-corrected chi connectivity index (χ0v) is 11.4. The highest BCUT2D eigenvalue weighted by atomic mass is 79.9. The largest absolute Gasteiger partial charge is 0.393 e. The van der Waals surface area contributed by atoms with E-state index in [1.54, 1.807) is 6.07 Å². The van der Waals surface area contributed by atoms with Crippen molar-refractivity contribution in [3.63, 3.8) is 0 Å². The van der Waals surface area contributed by atoms with E-state index < -0.39 is 0 Å². The third kappa shape index (κ3) is 3.78. The van der Waals surface area contributed by atoms with E-state index in [4.69, 9.17) is 0 Å². The van der Waals surface area contributed by atoms with Gasteiger partial charge in [0.2, 0.25) is 0 Å². The average molecular weight is 301 g/mol. The molecule has 0 aliphatic heterocycles. The standard InChI is InChI=1S/C14H18BrFO/c15-12-7-10(8-13(16)9-12)6-11-4-2-1-3-5-14(11)17/h7-9,11,14,17H,1-6H2. The predicted octanol–water partition coefficient (Wildman–Crippen LogP) is 4.07. The van der Waals surface area contributed by atoms with Crippen molar-refractivity contribution in [2.75, 3.05) is 0 Å². The van der Waals surface area contributed by atoms with Gasteiger partial charge in [0.05, 0.1) is 6.10 Å². The second kappa shape index (κ2) is 5.96. The summed E-state index contributed by atoms with van der Waals surface area (Å²) in [6, 6.07) is 4.98. The molecule has 2 unspecified atom stereocenters. The van der Waals surface area contributed by atoms with Crippen molar-refractivity contribution >= 4 is 15.9 Å². The van der Waals surface area contributed by atoms with Crippen LogP contribution in [-0.2, 0) is 6.42 Å². The van der Waals surface area contributed by atoms with Crippen molar-refractivity contribution in [2.45, 2.75) is 44.6 Å². The summed E-state index contributed by atoms with van der Waals surface area (Å²) < 4.78 is 14.0. The summed E-state index contributed by atoms with van der Waals surface area (Å²) in [6.45, 7) is 0. The molecule has 1 N–H and O–H groups in total. The summed E-state index contributed by atoms with van der Waals surface area (Å²) in [5.74, 6) is 0.0729. The lowest BCUT2D eigenvalue weighted by atomic mass is 9.90. The number of rotatable bonds is 2. The van der Waals surface area contributed by atoms with Crippen molar-refractivity contribution in [3.8, 4) is 0 Å². The molecule has 1 saturated carbocycles. The minimum Gasteiger partial charge on any atom is -0.393 e. The Kier molecular flexibility index (Phi) is 4.57. The van der Waals surface area contributed by atoms with Crippen molar-refractivity contribution in [1.29, 1.82) is 0 Å². The van der Waals surface area contributed by atoms with Gasteiger partial charge in [-0.3, -0.25) is 0 Å². The molecule has 1 aromatic rings. The molecule has 0 heterocycles. The number of aliphatic hydroxyl groups excluding tert-OH is 1. The molecule has 1 aromatic carbocycles. The molecule has 0 spiro atoms. The number of halogens is 2. The van der Waals surface area contributed by atoms with E-state index in [1.807, 2.05) is 6.07 Å². The Morgan fingerprint density at radius 2 is 1.94 bits per heavy atom. The summed E-state index contributed by atoms with van der Waals surface area (Å²) in [6.07, 6.45) is 6.00. The molecule has 1 fully saturated rings. The van der Waals surface area contributed by atoms with Gasteiger partial charge >= 0.3 is 0 Å². The topological polar surface area (TPSA) is 20.2 Å². The second-order valence-electron chi connectivity index (χ2n) is 4.95. The summed E-state index contributed by atoms with van der Waals surface area (Å²) in [5.41, 5.74) is 0.975. The SMILES string of the molecule is OC1CCCCCC1Cc1cc(F)cc(Br)c1. The smallest absolute Gasteiger partial charge is 0.124 e. The summed E-state index contributed by atoms with van der Waals surface area (Å²) >= 11 is 3.31. The van der Waals surface area contributed by atoms with Gasteiger partial charge in [-0.15, -0.1) is 0 Å². The quantitative estimate of drug-likeness (QED) is 0.816. The van der Waals surface area contributed by atoms with Crippen molar-refractivity contribution in [3.05, 3.63) is 34.1 Å². The average Bonchev–Trinajstić information content (AvgIpc) is 2.43. The van der Waals surface area contributed by atoms with E-state index in [2.05, 4.69) is 15.9 Å². The Bertz CT molecular complexity index is 360. The lowest BCUT2D eigenvalue weighted by Crippen LogP contribution is -2.21. The number of benzene rings is 1. The Hall–Kier alpha value is -0.410. The molecule has 2 atom stereocenters. The first kappa shape index (κ1) is 13.0. The maximum absolute atomic E-state index is 13.3. The van der Waals surface area contributed by atoms with E-state index in [0.29, 0.717) is 0 Å². The van der Waals surface area contributed by atoms with E-state index in [1.165, 1.54) is 18.9 Å². The van der Waals surface area contributed by atoms with Crippen molar-refractivity contribution < 1.29 is 9.50 Å². The van der Waals surface area contributed by atoms with Gasteiger partial charge in [0.15, 0.2) is 0 Å². The maximum Gasteiger partial charge on any atom is 0.124 e. The molecule has 1 aliphatic rings. The Morgan fingerprint density at radius 1 is 1.18 bits per heavy atom. The number of aliphatic hydroxyl groups is 1. The van der Waals surface area contributed by atoms with Gasteiger partial charge in [0.25, 0.3) is 0 Å². The Morgan fingerprint density at radius 3 is 2.71 bits per heavy atom. The van der Waals surface area contributed by atoms with E-state index >= 15 is 0 Å². The minimum absolute atomic E-state index is 0.211. The van der Waals surface area contributed by atoms with Crippen molar-refractivity contribution in [2.24, 2.45) is 5.92 Å². The molecule has 3 heteroatoms. The zero-order valence-electron chi connectivity index (χ0n) is 9.83. The van der Waals surface area contributed by atoms with Gasteiger partial charge in [0.1, 0.15) is 5.82 Å². The van der Waals surface area contributed by atoms with Crippen molar-refractivity contribution in [1.82, 2.24) is 0 Å². The number of hydrogen-bond donors (Lipinski definition) is 1. The maximum atomic E-state index is 13.3. The van der Waals surface area contributed by atoms with Crippen LogP contribution < -0.4 is 0 Å². The molecular weight excluding hydrogens is 283 g/mol. The van der Waals surface area contributed by atoms with Crippen LogP contribution in [0.4, 0.5) is 4.39 Å². The van der Waals surface area contributed by atoms with Crippen LogP contribution in [0.2, 0.25) is 0 Å². The highest BCUT2D eigenvalue weighted by Crippen LogP contribution is 2.27. The molecular formula is C14H18BrFO. The van der Waals surface area contributed by atoms with E-state index in [0.717, 1.165) is 35.7 Å². The molecule has 1 aliphatic carbocycles. The van der Waals surface area contributed by atoms with Crippen LogP contribution in [0.25, 0.3) is 0 Å². The minimum atomic E-state index is -0.223. The Balaban J connectivity index is 2.07. The van der Waals surface area contributed by atoms with E-state index in [-0.39, 0.29) is 17.8 Å². The third-order valence-electron chi connectivity index (χ3n) is 3.54. The third-order valence-corrected chi connectivity index (χ3v) is 4.00. The highest BCUT2D eigenvalue weighted by Gasteiger charge is 2.21. The lowest BCUT2D eigenvalue weighted by Gasteiger charge is -2.20. The highest BCUT2D eigenvalue weighted by molar-refractivity contribution is 9.10. The molecule has 0 saturated heterocycles. The fourth-order valence-corrected chi connectivity index (χ4v) is 3.15. The molecule has 0 amide bonds. The van der Waals surface area contributed by atoms with Crippen LogP contribution >= 0.6 is 15.9 Å². The van der Waals surface area contributed by atoms with Crippen LogP contribution in [0, 0.1) is 11.7 Å². The molecule has 1 nitrogen and oxygen atoms in total. The van der Waals surface area contributed by atoms with Gasteiger partial charge in [-0.2, -0.15) is 0 Å². The normalized spacial score (nSPS) is 25.6. The van der Waals surface area contributed by atoms with Crippen LogP contribution in [0.3, 0.4) is 0 Å². The van der Waals surface area contributed by atoms with Crippen LogP contribution in [0.15, 0.2) is 22.7 Å². The molecule has 94 valence electrons. The fourth-order valence-electron chi connectivity index (χ4n) is 2.63. The monoisotopic (exact) mass is 300 g/mol. The second-order valence-corrected chi connectivity index (χ2v) is 5.86. The predicted molar refractivity (Wildman–Crippen MR) is 70.4 cm³/mol. The van der Waals surface area contributed by atoms with E-state index in [9.17, 15) is 9.50 Å². The summed E-state index contributed by atoms with van der Waals surface area (Å²) in [5, 5.41) is 10.0. The molecule has 2 rings (SSSR count). The number of hydrogen-bond acceptors (Lipinski definition) is 1.